The second-order valence-corrected chi connectivity index (χ2v) is 13.0. The van der Waals surface area contributed by atoms with Gasteiger partial charge in [-0.1, -0.05) is 65.2 Å². The van der Waals surface area contributed by atoms with E-state index in [1.807, 2.05) is 60.0 Å². The number of sulfone groups is 1. The standard InChI is InChI=1S/C29H25Cl2N5O3S/c1-18-8-9-24-21(12-18)27(40(2,38)39)25-10-11-29(15-36(24)25,19-6-4-3-5-7-19)34-28(37)26-22(30)13-20(14-23(26)31)35-16-32-33-17-35/h3-9,12-14,16-17H,10-11,15H2,1-2H3,(H,34,37)/t29-/m1/s1. The Morgan fingerprint density at radius 3 is 2.33 bits per heavy atom. The van der Waals surface area contributed by atoms with E-state index in [1.54, 1.807) is 16.7 Å². The van der Waals surface area contributed by atoms with E-state index in [4.69, 9.17) is 23.2 Å². The zero-order valence-electron chi connectivity index (χ0n) is 21.7. The Balaban J connectivity index is 1.46. The number of aromatic nitrogens is 4. The molecule has 40 heavy (non-hydrogen) atoms. The zero-order chi connectivity index (χ0) is 28.2. The molecule has 8 nitrogen and oxygen atoms in total. The number of hydrogen-bond acceptors (Lipinski definition) is 5. The zero-order valence-corrected chi connectivity index (χ0v) is 24.1. The van der Waals surface area contributed by atoms with Crippen LogP contribution in [0.5, 0.6) is 0 Å². The van der Waals surface area contributed by atoms with Gasteiger partial charge >= 0.3 is 0 Å². The lowest BCUT2D eigenvalue weighted by Crippen LogP contribution is -2.51. The van der Waals surface area contributed by atoms with E-state index >= 15 is 0 Å². The summed E-state index contributed by atoms with van der Waals surface area (Å²) < 4.78 is 29.6. The number of amides is 1. The number of carbonyl (C=O) groups is 1. The van der Waals surface area contributed by atoms with Gasteiger partial charge in [0.15, 0.2) is 9.84 Å². The minimum Gasteiger partial charge on any atom is -0.341 e. The van der Waals surface area contributed by atoms with Crippen molar-refractivity contribution in [1.82, 2.24) is 24.6 Å². The molecule has 0 bridgehead atoms. The SMILES string of the molecule is Cc1ccc2c(c1)c(S(C)(=O)=O)c1n2C[C@@](NC(=O)c2c(Cl)cc(-n3cnnc3)cc2Cl)(c2ccccc2)CC1. The fourth-order valence-electron chi connectivity index (χ4n) is 5.72. The average Bonchev–Trinajstić information content (AvgIpc) is 3.55. The summed E-state index contributed by atoms with van der Waals surface area (Å²) in [6, 6.07) is 18.8. The number of benzene rings is 3. The maximum Gasteiger partial charge on any atom is 0.255 e. The predicted molar refractivity (Wildman–Crippen MR) is 155 cm³/mol. The van der Waals surface area contributed by atoms with Crippen LogP contribution in [0.3, 0.4) is 0 Å². The summed E-state index contributed by atoms with van der Waals surface area (Å²) in [5, 5.41) is 11.9. The highest BCUT2D eigenvalue weighted by molar-refractivity contribution is 7.91. The topological polar surface area (TPSA) is 98.9 Å². The van der Waals surface area contributed by atoms with Crippen LogP contribution in [-0.4, -0.2) is 39.9 Å². The van der Waals surface area contributed by atoms with Crippen LogP contribution >= 0.6 is 23.2 Å². The van der Waals surface area contributed by atoms with Gasteiger partial charge in [-0.05, 0) is 49.6 Å². The second-order valence-electron chi connectivity index (χ2n) is 10.2. The van der Waals surface area contributed by atoms with Crippen LogP contribution < -0.4 is 5.32 Å². The fraction of sp³-hybridized carbons (Fsp3) is 0.207. The smallest absolute Gasteiger partial charge is 0.255 e. The van der Waals surface area contributed by atoms with Crippen molar-refractivity contribution in [2.24, 2.45) is 0 Å². The largest absolute Gasteiger partial charge is 0.341 e. The molecular formula is C29H25Cl2N5O3S. The Kier molecular flexibility index (Phi) is 6.48. The van der Waals surface area contributed by atoms with Gasteiger partial charge in [0.2, 0.25) is 0 Å². The second kappa shape index (κ2) is 9.76. The first-order valence-electron chi connectivity index (χ1n) is 12.6. The highest BCUT2D eigenvalue weighted by Gasteiger charge is 2.41. The van der Waals surface area contributed by atoms with Crippen LogP contribution in [0.2, 0.25) is 10.0 Å². The summed E-state index contributed by atoms with van der Waals surface area (Å²) in [5.74, 6) is -0.423. The van der Waals surface area contributed by atoms with Crippen LogP contribution in [0, 0.1) is 6.92 Å². The van der Waals surface area contributed by atoms with E-state index in [1.165, 1.54) is 18.9 Å². The minimum atomic E-state index is -3.50. The molecule has 3 heterocycles. The van der Waals surface area contributed by atoms with Gasteiger partial charge in [-0.2, -0.15) is 0 Å². The van der Waals surface area contributed by atoms with E-state index in [9.17, 15) is 13.2 Å². The normalized spacial score (nSPS) is 17.1. The third-order valence-corrected chi connectivity index (χ3v) is 9.31. The lowest BCUT2D eigenvalue weighted by atomic mass is 9.82. The van der Waals surface area contributed by atoms with Crippen LogP contribution in [0.15, 0.2) is 78.2 Å². The molecule has 1 amide bonds. The van der Waals surface area contributed by atoms with Crippen LogP contribution in [-0.2, 0) is 28.3 Å². The number of nitrogens with zero attached hydrogens (tertiary/aromatic N) is 4. The summed E-state index contributed by atoms with van der Waals surface area (Å²) >= 11 is 13.2. The molecule has 11 heteroatoms. The lowest BCUT2D eigenvalue weighted by Gasteiger charge is -2.40. The molecule has 1 aliphatic rings. The van der Waals surface area contributed by atoms with Crippen molar-refractivity contribution < 1.29 is 13.2 Å². The molecule has 0 unspecified atom stereocenters. The number of fused-ring (bicyclic) bond motifs is 3. The summed E-state index contributed by atoms with van der Waals surface area (Å²) in [6.45, 7) is 2.28. The predicted octanol–water partition coefficient (Wildman–Crippen LogP) is 5.51. The van der Waals surface area contributed by atoms with Gasteiger partial charge in [0.05, 0.1) is 38.3 Å². The van der Waals surface area contributed by atoms with E-state index in [2.05, 4.69) is 15.5 Å². The van der Waals surface area contributed by atoms with Crippen molar-refractivity contribution in [2.45, 2.75) is 36.7 Å². The molecule has 6 rings (SSSR count). The summed E-state index contributed by atoms with van der Waals surface area (Å²) in [7, 11) is -3.50. The molecule has 0 saturated carbocycles. The van der Waals surface area contributed by atoms with Crippen LogP contribution in [0.1, 0.15) is 33.6 Å². The molecule has 2 aromatic heterocycles. The summed E-state index contributed by atoms with van der Waals surface area (Å²) in [6.07, 6.45) is 5.20. The van der Waals surface area contributed by atoms with Gasteiger partial charge in [0.25, 0.3) is 5.91 Å². The molecule has 0 saturated heterocycles. The molecule has 0 aliphatic carbocycles. The molecule has 0 radical (unpaired) electrons. The van der Waals surface area contributed by atoms with Crippen molar-refractivity contribution in [3.8, 4) is 5.69 Å². The highest BCUT2D eigenvalue weighted by atomic mass is 35.5. The molecule has 5 aromatic rings. The van der Waals surface area contributed by atoms with Crippen molar-refractivity contribution in [1.29, 1.82) is 0 Å². The number of hydrogen-bond donors (Lipinski definition) is 1. The number of aryl methyl sites for hydroxylation is 1. The highest BCUT2D eigenvalue weighted by Crippen LogP contribution is 2.41. The molecule has 0 spiro atoms. The molecule has 1 atom stereocenters. The molecule has 1 aliphatic heterocycles. The number of carbonyl (C=O) groups excluding carboxylic acids is 1. The molecule has 204 valence electrons. The first-order valence-corrected chi connectivity index (χ1v) is 15.3. The monoisotopic (exact) mass is 593 g/mol. The third kappa shape index (κ3) is 4.48. The average molecular weight is 595 g/mol. The van der Waals surface area contributed by atoms with Gasteiger partial charge in [-0.25, -0.2) is 8.42 Å². The Hall–Kier alpha value is -3.66. The Morgan fingerprint density at radius 2 is 1.68 bits per heavy atom. The van der Waals surface area contributed by atoms with Gasteiger partial charge in [-0.3, -0.25) is 9.36 Å². The van der Waals surface area contributed by atoms with E-state index < -0.39 is 21.3 Å². The molecule has 3 aromatic carbocycles. The molecule has 0 fully saturated rings. The van der Waals surface area contributed by atoms with Crippen LogP contribution in [0.25, 0.3) is 16.6 Å². The van der Waals surface area contributed by atoms with E-state index in [0.717, 1.165) is 22.3 Å². The first-order chi connectivity index (χ1) is 19.1. The van der Waals surface area contributed by atoms with Crippen molar-refractivity contribution in [2.75, 3.05) is 6.26 Å². The maximum absolute atomic E-state index is 13.9. The van der Waals surface area contributed by atoms with Gasteiger partial charge < -0.3 is 9.88 Å². The summed E-state index contributed by atoms with van der Waals surface area (Å²) in [4.78, 5) is 14.3. The van der Waals surface area contributed by atoms with Crippen molar-refractivity contribution in [3.63, 3.8) is 0 Å². The van der Waals surface area contributed by atoms with Crippen LogP contribution in [0.4, 0.5) is 0 Å². The fourth-order valence-corrected chi connectivity index (χ4v) is 7.57. The Morgan fingerprint density at radius 1 is 1.00 bits per heavy atom. The Labute approximate surface area is 241 Å². The molecular weight excluding hydrogens is 569 g/mol. The summed E-state index contributed by atoms with van der Waals surface area (Å²) in [5.41, 5.74) is 3.36. The third-order valence-electron chi connectivity index (χ3n) is 7.51. The maximum atomic E-state index is 13.9. The van der Waals surface area contributed by atoms with E-state index in [0.29, 0.717) is 35.4 Å². The number of halogens is 2. The van der Waals surface area contributed by atoms with Crippen molar-refractivity contribution >= 4 is 49.8 Å². The van der Waals surface area contributed by atoms with Gasteiger partial charge in [0.1, 0.15) is 12.7 Å². The van der Waals surface area contributed by atoms with Gasteiger partial charge in [-0.15, -0.1) is 10.2 Å². The number of rotatable bonds is 5. The lowest BCUT2D eigenvalue weighted by molar-refractivity contribution is 0.0867. The quantitative estimate of drug-likeness (QED) is 0.289. The number of nitrogens with one attached hydrogen (secondary N) is 1. The van der Waals surface area contributed by atoms with E-state index in [-0.39, 0.29) is 15.6 Å². The first kappa shape index (κ1) is 26.6. The minimum absolute atomic E-state index is 0.158. The molecule has 1 N–H and O–H groups in total. The van der Waals surface area contributed by atoms with Gasteiger partial charge in [0, 0.05) is 22.9 Å². The van der Waals surface area contributed by atoms with Crippen molar-refractivity contribution in [3.05, 3.63) is 106 Å². The Bertz CT molecular complexity index is 1860.